The Labute approximate surface area is 129 Å². The van der Waals surface area contributed by atoms with Crippen molar-refractivity contribution in [2.75, 3.05) is 38.6 Å². The van der Waals surface area contributed by atoms with Gasteiger partial charge in [-0.3, -0.25) is 4.98 Å². The Bertz CT molecular complexity index is 458. The lowest BCUT2D eigenvalue weighted by Gasteiger charge is -2.26. The van der Waals surface area contributed by atoms with E-state index in [1.54, 1.807) is 0 Å². The van der Waals surface area contributed by atoms with Crippen LogP contribution in [0.1, 0.15) is 31.5 Å². The van der Waals surface area contributed by atoms with Crippen molar-refractivity contribution in [3.63, 3.8) is 0 Å². The first kappa shape index (κ1) is 16.2. The van der Waals surface area contributed by atoms with Crippen molar-refractivity contribution in [3.8, 4) is 0 Å². The van der Waals surface area contributed by atoms with Crippen LogP contribution >= 0.6 is 0 Å². The lowest BCUT2D eigenvalue weighted by atomic mass is 10.1. The van der Waals surface area contributed by atoms with E-state index in [0.717, 1.165) is 24.7 Å². The smallest absolute Gasteiger partial charge is 0.0443 e. The Morgan fingerprint density at radius 3 is 2.86 bits per heavy atom. The Balaban J connectivity index is 2.06. The van der Waals surface area contributed by atoms with Crippen LogP contribution in [0.4, 0.5) is 5.69 Å². The number of nitrogens with one attached hydrogen (secondary N) is 1. The fourth-order valence-corrected chi connectivity index (χ4v) is 3.04. The maximum Gasteiger partial charge on any atom is 0.0443 e. The molecule has 1 saturated heterocycles. The molecule has 0 amide bonds. The lowest BCUT2D eigenvalue weighted by Crippen LogP contribution is -2.29. The number of aryl methyl sites for hydroxylation is 1. The van der Waals surface area contributed by atoms with Crippen LogP contribution in [0.3, 0.4) is 0 Å². The van der Waals surface area contributed by atoms with E-state index in [1.165, 1.54) is 30.8 Å². The van der Waals surface area contributed by atoms with Crippen molar-refractivity contribution in [3.05, 3.63) is 23.5 Å². The van der Waals surface area contributed by atoms with Gasteiger partial charge in [-0.2, -0.15) is 0 Å². The van der Waals surface area contributed by atoms with Crippen LogP contribution in [-0.4, -0.2) is 49.7 Å². The minimum Gasteiger partial charge on any atom is -0.374 e. The number of hydrogen-bond acceptors (Lipinski definition) is 4. The lowest BCUT2D eigenvalue weighted by molar-refractivity contribution is 0.396. The van der Waals surface area contributed by atoms with Gasteiger partial charge in [0.05, 0.1) is 0 Å². The fraction of sp³-hybridized carbons (Fsp3) is 0.706. The minimum atomic E-state index is 0.493. The summed E-state index contributed by atoms with van der Waals surface area (Å²) in [7, 11) is 4.43. The minimum absolute atomic E-state index is 0.493. The molecule has 2 heterocycles. The second kappa shape index (κ2) is 7.23. The molecule has 1 aliphatic heterocycles. The second-order valence-corrected chi connectivity index (χ2v) is 6.79. The molecule has 1 aliphatic rings. The van der Waals surface area contributed by atoms with Gasteiger partial charge in [0.15, 0.2) is 0 Å². The van der Waals surface area contributed by atoms with Gasteiger partial charge in [0.25, 0.3) is 0 Å². The van der Waals surface area contributed by atoms with Crippen LogP contribution in [0.5, 0.6) is 0 Å². The van der Waals surface area contributed by atoms with Crippen molar-refractivity contribution >= 4 is 5.69 Å². The number of rotatable bonds is 6. The highest BCUT2D eigenvalue weighted by Crippen LogP contribution is 2.23. The first-order valence-corrected chi connectivity index (χ1v) is 8.04. The zero-order chi connectivity index (χ0) is 15.4. The van der Waals surface area contributed by atoms with Crippen LogP contribution in [0.2, 0.25) is 0 Å². The summed E-state index contributed by atoms with van der Waals surface area (Å²) in [6.45, 7) is 10.9. The second-order valence-electron chi connectivity index (χ2n) is 6.79. The van der Waals surface area contributed by atoms with Gasteiger partial charge < -0.3 is 15.1 Å². The summed E-state index contributed by atoms with van der Waals surface area (Å²) >= 11 is 0. The molecule has 2 rings (SSSR count). The topological polar surface area (TPSA) is 31.4 Å². The summed E-state index contributed by atoms with van der Waals surface area (Å²) in [5.74, 6) is 0.777. The quantitative estimate of drug-likeness (QED) is 0.871. The van der Waals surface area contributed by atoms with E-state index in [9.17, 15) is 0 Å². The summed E-state index contributed by atoms with van der Waals surface area (Å²) in [6.07, 6.45) is 3.34. The van der Waals surface area contributed by atoms with Crippen LogP contribution in [0, 0.1) is 12.8 Å². The van der Waals surface area contributed by atoms with Crippen molar-refractivity contribution < 1.29 is 0 Å². The molecule has 1 fully saturated rings. The molecule has 0 saturated carbocycles. The molecule has 0 aliphatic carbocycles. The fourth-order valence-electron chi connectivity index (χ4n) is 3.04. The summed E-state index contributed by atoms with van der Waals surface area (Å²) < 4.78 is 0. The van der Waals surface area contributed by atoms with Gasteiger partial charge >= 0.3 is 0 Å². The third kappa shape index (κ3) is 4.68. The summed E-state index contributed by atoms with van der Waals surface area (Å²) in [5, 5.41) is 3.50. The van der Waals surface area contributed by atoms with Crippen LogP contribution in [-0.2, 0) is 6.54 Å². The molecule has 0 bridgehead atoms. The average Bonchev–Trinajstić information content (AvgIpc) is 2.82. The van der Waals surface area contributed by atoms with Crippen molar-refractivity contribution in [1.82, 2.24) is 15.2 Å². The average molecular weight is 290 g/mol. The first-order valence-electron chi connectivity index (χ1n) is 8.04. The van der Waals surface area contributed by atoms with Gasteiger partial charge in [-0.05, 0) is 38.9 Å². The van der Waals surface area contributed by atoms with E-state index in [0.29, 0.717) is 6.04 Å². The van der Waals surface area contributed by atoms with E-state index in [-0.39, 0.29) is 0 Å². The molecule has 21 heavy (non-hydrogen) atoms. The molecular formula is C17H30N4. The van der Waals surface area contributed by atoms with Crippen LogP contribution in [0.25, 0.3) is 0 Å². The van der Waals surface area contributed by atoms with Crippen LogP contribution < -0.4 is 10.2 Å². The maximum atomic E-state index is 4.47. The molecule has 1 aromatic heterocycles. The van der Waals surface area contributed by atoms with Crippen LogP contribution in [0.15, 0.2) is 12.3 Å². The van der Waals surface area contributed by atoms with Gasteiger partial charge in [0, 0.05) is 55.9 Å². The van der Waals surface area contributed by atoms with Gasteiger partial charge in [0.2, 0.25) is 0 Å². The molecule has 4 heteroatoms. The first-order chi connectivity index (χ1) is 9.95. The van der Waals surface area contributed by atoms with E-state index in [4.69, 9.17) is 0 Å². The van der Waals surface area contributed by atoms with E-state index < -0.39 is 0 Å². The molecule has 118 valence electrons. The third-order valence-corrected chi connectivity index (χ3v) is 4.23. The molecular weight excluding hydrogens is 260 g/mol. The normalized spacial score (nSPS) is 19.4. The number of likely N-dealkylation sites (tertiary alicyclic amines) is 1. The SMILES string of the molecule is Cc1cc(N(C)CC2CCN(C)C2)c(CNC(C)C)cn1. The molecule has 1 aromatic rings. The van der Waals surface area contributed by atoms with Gasteiger partial charge in [-0.1, -0.05) is 13.8 Å². The molecule has 1 unspecified atom stereocenters. The molecule has 1 atom stereocenters. The highest BCUT2D eigenvalue weighted by molar-refractivity contribution is 5.53. The predicted octanol–water partition coefficient (Wildman–Crippen LogP) is 2.28. The Hall–Kier alpha value is -1.13. The highest BCUT2D eigenvalue weighted by atomic mass is 15.2. The molecule has 0 radical (unpaired) electrons. The summed E-state index contributed by atoms with van der Waals surface area (Å²) in [5.41, 5.74) is 3.71. The monoisotopic (exact) mass is 290 g/mol. The van der Waals surface area contributed by atoms with Gasteiger partial charge in [-0.15, -0.1) is 0 Å². The summed E-state index contributed by atoms with van der Waals surface area (Å²) in [4.78, 5) is 9.31. The van der Waals surface area contributed by atoms with E-state index in [2.05, 4.69) is 61.0 Å². The standard InChI is InChI=1S/C17H30N4/c1-13(2)18-9-16-10-19-14(3)8-17(16)21(5)12-15-6-7-20(4)11-15/h8,10,13,15,18H,6-7,9,11-12H2,1-5H3. The molecule has 0 spiro atoms. The number of hydrogen-bond donors (Lipinski definition) is 1. The van der Waals surface area contributed by atoms with E-state index in [1.807, 2.05) is 6.20 Å². The van der Waals surface area contributed by atoms with Gasteiger partial charge in [0.1, 0.15) is 0 Å². The van der Waals surface area contributed by atoms with Crippen molar-refractivity contribution in [2.45, 2.75) is 39.8 Å². The highest BCUT2D eigenvalue weighted by Gasteiger charge is 2.21. The Morgan fingerprint density at radius 2 is 2.24 bits per heavy atom. The summed E-state index contributed by atoms with van der Waals surface area (Å²) in [6, 6.07) is 2.71. The van der Waals surface area contributed by atoms with E-state index >= 15 is 0 Å². The molecule has 4 nitrogen and oxygen atoms in total. The Kier molecular flexibility index (Phi) is 5.59. The zero-order valence-electron chi connectivity index (χ0n) is 14.2. The predicted molar refractivity (Wildman–Crippen MR) is 89.8 cm³/mol. The van der Waals surface area contributed by atoms with Crippen molar-refractivity contribution in [2.24, 2.45) is 5.92 Å². The zero-order valence-corrected chi connectivity index (χ0v) is 14.2. The number of anilines is 1. The maximum absolute atomic E-state index is 4.47. The molecule has 0 aromatic carbocycles. The van der Waals surface area contributed by atoms with Gasteiger partial charge in [-0.25, -0.2) is 0 Å². The number of nitrogens with zero attached hydrogens (tertiary/aromatic N) is 3. The largest absolute Gasteiger partial charge is 0.374 e. The number of aromatic nitrogens is 1. The number of pyridine rings is 1. The third-order valence-electron chi connectivity index (χ3n) is 4.23. The molecule has 1 N–H and O–H groups in total. The van der Waals surface area contributed by atoms with Crippen molar-refractivity contribution in [1.29, 1.82) is 0 Å². The Morgan fingerprint density at radius 1 is 1.48 bits per heavy atom.